The van der Waals surface area contributed by atoms with E-state index in [2.05, 4.69) is 12.1 Å². The van der Waals surface area contributed by atoms with Gasteiger partial charge in [0.2, 0.25) is 11.8 Å². The van der Waals surface area contributed by atoms with E-state index in [1.807, 2.05) is 6.07 Å². The van der Waals surface area contributed by atoms with Crippen LogP contribution in [0.4, 0.5) is 0 Å². The smallest absolute Gasteiger partial charge is 0.244 e. The number of aryl methyl sites for hydroxylation is 1. The van der Waals surface area contributed by atoms with Crippen LogP contribution >= 0.6 is 0 Å². The van der Waals surface area contributed by atoms with Crippen molar-refractivity contribution in [3.8, 4) is 12.1 Å². The van der Waals surface area contributed by atoms with E-state index in [9.17, 15) is 9.59 Å². The number of primary amides is 1. The van der Waals surface area contributed by atoms with Gasteiger partial charge in [-0.25, -0.2) is 0 Å². The van der Waals surface area contributed by atoms with Crippen molar-refractivity contribution in [2.24, 2.45) is 5.73 Å². The first-order valence-corrected chi connectivity index (χ1v) is 8.72. The van der Waals surface area contributed by atoms with Gasteiger partial charge in [0.25, 0.3) is 0 Å². The minimum atomic E-state index is -0.851. The second-order valence-electron chi connectivity index (χ2n) is 6.47. The van der Waals surface area contributed by atoms with Crippen LogP contribution in [0.2, 0.25) is 0 Å². The standard InChI is InChI=1S/C20H19N5O2/c21-12-14-5-6-15-7-10-25(19(20(23)27)17(15)11-14)18(26)4-2-9-24-8-1-3-16(24)13-22/h1,3,5-6,8,11,19H,2,4,7,9-10H2,(H2,23,27). The van der Waals surface area contributed by atoms with Gasteiger partial charge < -0.3 is 15.2 Å². The topological polar surface area (TPSA) is 116 Å². The van der Waals surface area contributed by atoms with Crippen molar-refractivity contribution in [3.63, 3.8) is 0 Å². The molecule has 1 aromatic carbocycles. The van der Waals surface area contributed by atoms with Gasteiger partial charge in [-0.05, 0) is 48.2 Å². The Hall–Kier alpha value is -3.58. The maximum Gasteiger partial charge on any atom is 0.244 e. The molecule has 1 aliphatic rings. The highest BCUT2D eigenvalue weighted by atomic mass is 16.2. The predicted octanol–water partition coefficient (Wildman–Crippen LogP) is 1.62. The first-order valence-electron chi connectivity index (χ1n) is 8.72. The van der Waals surface area contributed by atoms with Gasteiger partial charge in [0.15, 0.2) is 0 Å². The number of amides is 2. The van der Waals surface area contributed by atoms with E-state index in [-0.39, 0.29) is 12.3 Å². The van der Waals surface area contributed by atoms with Gasteiger partial charge in [-0.2, -0.15) is 10.5 Å². The van der Waals surface area contributed by atoms with Crippen LogP contribution in [0.25, 0.3) is 0 Å². The number of nitriles is 2. The van der Waals surface area contributed by atoms with Crippen LogP contribution in [0.5, 0.6) is 0 Å². The lowest BCUT2D eigenvalue weighted by atomic mass is 9.90. The van der Waals surface area contributed by atoms with Crippen LogP contribution in [-0.2, 0) is 22.6 Å². The third kappa shape index (κ3) is 3.68. The SMILES string of the molecule is N#Cc1ccc2c(c1)C(C(N)=O)N(C(=O)CCCn1cccc1C#N)CC2. The monoisotopic (exact) mass is 361 g/mol. The molecule has 136 valence electrons. The fourth-order valence-corrected chi connectivity index (χ4v) is 3.51. The van der Waals surface area contributed by atoms with Crippen molar-refractivity contribution >= 4 is 11.8 Å². The zero-order valence-electron chi connectivity index (χ0n) is 14.8. The Morgan fingerprint density at radius 2 is 2.04 bits per heavy atom. The highest BCUT2D eigenvalue weighted by molar-refractivity contribution is 5.88. The summed E-state index contributed by atoms with van der Waals surface area (Å²) in [5.74, 6) is -0.756. The first kappa shape index (κ1) is 18.2. The molecule has 2 aromatic rings. The molecule has 0 bridgehead atoms. The summed E-state index contributed by atoms with van der Waals surface area (Å²) in [6.45, 7) is 0.962. The van der Waals surface area contributed by atoms with Crippen LogP contribution in [0.3, 0.4) is 0 Å². The van der Waals surface area contributed by atoms with E-state index in [0.29, 0.717) is 42.8 Å². The lowest BCUT2D eigenvalue weighted by Gasteiger charge is -2.35. The first-order chi connectivity index (χ1) is 13.0. The van der Waals surface area contributed by atoms with Gasteiger partial charge in [0.1, 0.15) is 17.8 Å². The van der Waals surface area contributed by atoms with Crippen LogP contribution in [0.15, 0.2) is 36.5 Å². The molecule has 2 amide bonds. The maximum atomic E-state index is 12.7. The van der Waals surface area contributed by atoms with Gasteiger partial charge in [0.05, 0.1) is 11.6 Å². The van der Waals surface area contributed by atoms with Crippen LogP contribution in [0, 0.1) is 22.7 Å². The number of carbonyl (C=O) groups is 2. The average molecular weight is 361 g/mol. The summed E-state index contributed by atoms with van der Waals surface area (Å²) < 4.78 is 1.80. The summed E-state index contributed by atoms with van der Waals surface area (Å²) in [4.78, 5) is 26.3. The molecule has 2 heterocycles. The number of nitrogens with zero attached hydrogens (tertiary/aromatic N) is 4. The molecular formula is C20H19N5O2. The molecule has 0 aliphatic carbocycles. The molecule has 7 nitrogen and oxygen atoms in total. The number of hydrogen-bond acceptors (Lipinski definition) is 4. The third-order valence-corrected chi connectivity index (χ3v) is 4.83. The molecule has 0 radical (unpaired) electrons. The zero-order chi connectivity index (χ0) is 19.4. The van der Waals surface area contributed by atoms with Crippen molar-refractivity contribution in [2.45, 2.75) is 31.8 Å². The van der Waals surface area contributed by atoms with Crippen molar-refractivity contribution in [1.82, 2.24) is 9.47 Å². The van der Waals surface area contributed by atoms with Gasteiger partial charge in [-0.1, -0.05) is 6.07 Å². The summed E-state index contributed by atoms with van der Waals surface area (Å²) in [6.07, 6.45) is 3.22. The lowest BCUT2D eigenvalue weighted by Crippen LogP contribution is -2.45. The summed E-state index contributed by atoms with van der Waals surface area (Å²) in [6, 6.07) is 12.0. The highest BCUT2D eigenvalue weighted by Gasteiger charge is 2.34. The molecule has 0 saturated heterocycles. The summed E-state index contributed by atoms with van der Waals surface area (Å²) in [7, 11) is 0. The Morgan fingerprint density at radius 1 is 1.22 bits per heavy atom. The van der Waals surface area contributed by atoms with E-state index in [0.717, 1.165) is 5.56 Å². The van der Waals surface area contributed by atoms with Crippen LogP contribution in [-0.4, -0.2) is 27.8 Å². The van der Waals surface area contributed by atoms with E-state index >= 15 is 0 Å². The number of fused-ring (bicyclic) bond motifs is 1. The molecule has 1 unspecified atom stereocenters. The number of aromatic nitrogens is 1. The molecular weight excluding hydrogens is 342 g/mol. The van der Waals surface area contributed by atoms with E-state index in [1.54, 1.807) is 35.0 Å². The maximum absolute atomic E-state index is 12.7. The number of nitrogens with two attached hydrogens (primary N) is 1. The number of carbonyl (C=O) groups excluding carboxylic acids is 2. The Bertz CT molecular complexity index is 963. The van der Waals surface area contributed by atoms with Crippen molar-refractivity contribution in [1.29, 1.82) is 10.5 Å². The summed E-state index contributed by atoms with van der Waals surface area (Å²) >= 11 is 0. The molecule has 0 spiro atoms. The Morgan fingerprint density at radius 3 is 2.74 bits per heavy atom. The second kappa shape index (κ2) is 7.76. The Balaban J connectivity index is 1.73. The van der Waals surface area contributed by atoms with Crippen molar-refractivity contribution in [3.05, 3.63) is 58.9 Å². The number of benzene rings is 1. The van der Waals surface area contributed by atoms with Crippen LogP contribution in [0.1, 0.15) is 41.3 Å². The fourth-order valence-electron chi connectivity index (χ4n) is 3.51. The minimum absolute atomic E-state index is 0.155. The third-order valence-electron chi connectivity index (χ3n) is 4.83. The highest BCUT2D eigenvalue weighted by Crippen LogP contribution is 2.31. The molecule has 1 aromatic heterocycles. The fraction of sp³-hybridized carbons (Fsp3) is 0.300. The number of rotatable bonds is 5. The molecule has 7 heteroatoms. The number of hydrogen-bond donors (Lipinski definition) is 1. The average Bonchev–Trinajstić information content (AvgIpc) is 3.13. The summed E-state index contributed by atoms with van der Waals surface area (Å²) in [5.41, 5.74) is 8.15. The van der Waals surface area contributed by atoms with Gasteiger partial charge in [-0.15, -0.1) is 0 Å². The second-order valence-corrected chi connectivity index (χ2v) is 6.47. The molecule has 0 saturated carbocycles. The van der Waals surface area contributed by atoms with E-state index < -0.39 is 11.9 Å². The minimum Gasteiger partial charge on any atom is -0.368 e. The van der Waals surface area contributed by atoms with Crippen LogP contribution < -0.4 is 5.73 Å². The summed E-state index contributed by atoms with van der Waals surface area (Å²) in [5, 5.41) is 18.1. The Labute approximate surface area is 157 Å². The largest absolute Gasteiger partial charge is 0.368 e. The molecule has 3 rings (SSSR count). The molecule has 0 fully saturated rings. The predicted molar refractivity (Wildman–Crippen MR) is 96.9 cm³/mol. The molecule has 1 atom stereocenters. The van der Waals surface area contributed by atoms with E-state index in [4.69, 9.17) is 16.3 Å². The zero-order valence-corrected chi connectivity index (χ0v) is 14.8. The van der Waals surface area contributed by atoms with Gasteiger partial charge in [0, 0.05) is 25.7 Å². The lowest BCUT2D eigenvalue weighted by molar-refractivity contribution is -0.140. The Kier molecular flexibility index (Phi) is 5.23. The molecule has 2 N–H and O–H groups in total. The molecule has 27 heavy (non-hydrogen) atoms. The normalized spacial score (nSPS) is 15.5. The van der Waals surface area contributed by atoms with Crippen molar-refractivity contribution in [2.75, 3.05) is 6.54 Å². The van der Waals surface area contributed by atoms with Crippen molar-refractivity contribution < 1.29 is 9.59 Å². The molecule has 1 aliphatic heterocycles. The van der Waals surface area contributed by atoms with Gasteiger partial charge >= 0.3 is 0 Å². The van der Waals surface area contributed by atoms with Gasteiger partial charge in [-0.3, -0.25) is 9.59 Å². The quantitative estimate of drug-likeness (QED) is 0.871. The van der Waals surface area contributed by atoms with E-state index in [1.165, 1.54) is 4.90 Å².